The second kappa shape index (κ2) is 11.7. The molecule has 50 heavy (non-hydrogen) atoms. The molecule has 10 rings (SSSR count). The van der Waals surface area contributed by atoms with E-state index in [2.05, 4.69) is 196 Å². The third kappa shape index (κ3) is 4.66. The summed E-state index contributed by atoms with van der Waals surface area (Å²) in [5.41, 5.74) is 12.2. The van der Waals surface area contributed by atoms with Gasteiger partial charge < -0.3 is 14.5 Å². The van der Waals surface area contributed by atoms with Crippen LogP contribution in [0.5, 0.6) is 0 Å². The van der Waals surface area contributed by atoms with Gasteiger partial charge in [-0.15, -0.1) is 0 Å². The zero-order chi connectivity index (χ0) is 33.0. The summed E-state index contributed by atoms with van der Waals surface area (Å²) in [4.78, 5) is 0. The molecule has 1 unspecified atom stereocenters. The van der Waals surface area contributed by atoms with Crippen molar-refractivity contribution in [2.45, 2.75) is 18.4 Å². The average Bonchev–Trinajstić information content (AvgIpc) is 3.70. The molecule has 238 valence electrons. The van der Waals surface area contributed by atoms with Gasteiger partial charge >= 0.3 is 0 Å². The van der Waals surface area contributed by atoms with E-state index in [1.807, 2.05) is 0 Å². The summed E-state index contributed by atoms with van der Waals surface area (Å²) >= 11 is 0. The van der Waals surface area contributed by atoms with Crippen LogP contribution < -0.4 is 5.32 Å². The van der Waals surface area contributed by atoms with Crippen LogP contribution in [-0.2, 0) is 0 Å². The van der Waals surface area contributed by atoms with E-state index in [1.54, 1.807) is 0 Å². The topological polar surface area (TPSA) is 21.9 Å². The lowest BCUT2D eigenvalue weighted by Crippen LogP contribution is -2.26. The van der Waals surface area contributed by atoms with E-state index in [0.29, 0.717) is 5.92 Å². The van der Waals surface area contributed by atoms with Gasteiger partial charge in [0.25, 0.3) is 0 Å². The lowest BCUT2D eigenvalue weighted by Gasteiger charge is -2.32. The minimum absolute atomic E-state index is 0.153. The molecule has 1 aliphatic heterocycles. The highest BCUT2D eigenvalue weighted by Gasteiger charge is 2.26. The van der Waals surface area contributed by atoms with Crippen LogP contribution in [0, 0.1) is 0 Å². The van der Waals surface area contributed by atoms with Gasteiger partial charge in [-0.3, -0.25) is 0 Å². The molecule has 2 atom stereocenters. The van der Waals surface area contributed by atoms with Crippen molar-refractivity contribution in [3.05, 3.63) is 199 Å². The Balaban J connectivity index is 1.16. The monoisotopic (exact) mass is 641 g/mol. The Morgan fingerprint density at radius 1 is 0.420 bits per heavy atom. The second-order valence-electron chi connectivity index (χ2n) is 13.4. The molecule has 0 bridgehead atoms. The number of hydrogen-bond acceptors (Lipinski definition) is 1. The molecule has 0 aliphatic carbocycles. The fourth-order valence-corrected chi connectivity index (χ4v) is 8.21. The zero-order valence-electron chi connectivity index (χ0n) is 27.6. The number of rotatable bonds is 5. The van der Waals surface area contributed by atoms with E-state index in [-0.39, 0.29) is 6.04 Å². The molecule has 3 heteroatoms. The SMILES string of the molecule is C1=C(c2ccccc2)NC(c2cccc(-n3c4ccccc4c4cc5c6ccccc6n(-c6ccccc6)c5cc43)c2)C[C@H]1c1ccccc1. The van der Waals surface area contributed by atoms with E-state index in [9.17, 15) is 0 Å². The van der Waals surface area contributed by atoms with Crippen molar-refractivity contribution in [2.75, 3.05) is 0 Å². The molecule has 2 aromatic heterocycles. The molecule has 1 N–H and O–H groups in total. The largest absolute Gasteiger partial charge is 0.378 e. The van der Waals surface area contributed by atoms with Crippen molar-refractivity contribution in [1.82, 2.24) is 14.5 Å². The lowest BCUT2D eigenvalue weighted by atomic mass is 9.84. The Hall–Kier alpha value is -6.32. The molecule has 0 saturated carbocycles. The van der Waals surface area contributed by atoms with Gasteiger partial charge in [0.15, 0.2) is 0 Å². The van der Waals surface area contributed by atoms with Crippen LogP contribution in [0.3, 0.4) is 0 Å². The summed E-state index contributed by atoms with van der Waals surface area (Å²) in [6.07, 6.45) is 3.39. The van der Waals surface area contributed by atoms with Crippen LogP contribution in [0.2, 0.25) is 0 Å². The number of aromatic nitrogens is 2. The summed E-state index contributed by atoms with van der Waals surface area (Å²) in [6.45, 7) is 0. The summed E-state index contributed by atoms with van der Waals surface area (Å²) in [7, 11) is 0. The number of allylic oxidation sites excluding steroid dienone is 1. The number of nitrogens with one attached hydrogen (secondary N) is 1. The van der Waals surface area contributed by atoms with Gasteiger partial charge in [0.2, 0.25) is 0 Å². The standard InChI is InChI=1S/C47H35N3/c1-4-15-32(16-5-1)35-28-42(33-17-6-2-7-18-33)48-43(29-35)34-19-14-22-37(27-34)50-45-26-13-11-24-39(45)41-30-40-38-23-10-12-25-44(38)49(46(40)31-47(41)50)36-20-8-3-9-21-36/h1-28,30-31,35,43,48H,29H2/t35-,43?/m0/s1. The number of para-hydroxylation sites is 3. The third-order valence-electron chi connectivity index (χ3n) is 10.5. The van der Waals surface area contributed by atoms with Crippen LogP contribution in [0.1, 0.15) is 35.1 Å². The van der Waals surface area contributed by atoms with Gasteiger partial charge in [-0.05, 0) is 71.6 Å². The predicted octanol–water partition coefficient (Wildman–Crippen LogP) is 11.7. The smallest absolute Gasteiger partial charge is 0.0562 e. The lowest BCUT2D eigenvalue weighted by molar-refractivity contribution is 0.525. The second-order valence-corrected chi connectivity index (χ2v) is 13.4. The molecule has 0 saturated heterocycles. The molecule has 3 heterocycles. The Kier molecular flexibility index (Phi) is 6.70. The molecular weight excluding hydrogens is 607 g/mol. The van der Waals surface area contributed by atoms with Crippen molar-refractivity contribution in [3.8, 4) is 11.4 Å². The highest BCUT2D eigenvalue weighted by Crippen LogP contribution is 2.41. The van der Waals surface area contributed by atoms with Crippen LogP contribution in [-0.4, -0.2) is 9.13 Å². The molecular formula is C47H35N3. The predicted molar refractivity (Wildman–Crippen MR) is 209 cm³/mol. The first kappa shape index (κ1) is 28.7. The fraction of sp³-hybridized carbons (Fsp3) is 0.0638. The van der Waals surface area contributed by atoms with Gasteiger partial charge in [-0.1, -0.05) is 133 Å². The highest BCUT2D eigenvalue weighted by molar-refractivity contribution is 6.19. The third-order valence-corrected chi connectivity index (χ3v) is 10.5. The minimum Gasteiger partial charge on any atom is -0.378 e. The van der Waals surface area contributed by atoms with E-state index in [1.165, 1.54) is 77.4 Å². The van der Waals surface area contributed by atoms with Crippen molar-refractivity contribution >= 4 is 49.3 Å². The Morgan fingerprint density at radius 2 is 0.960 bits per heavy atom. The molecule has 3 nitrogen and oxygen atoms in total. The average molecular weight is 642 g/mol. The Bertz CT molecular complexity index is 2700. The van der Waals surface area contributed by atoms with Gasteiger partial charge in [-0.25, -0.2) is 0 Å². The number of hydrogen-bond donors (Lipinski definition) is 1. The maximum Gasteiger partial charge on any atom is 0.0562 e. The van der Waals surface area contributed by atoms with Crippen LogP contribution >= 0.6 is 0 Å². The quantitative estimate of drug-likeness (QED) is 0.198. The molecule has 1 aliphatic rings. The van der Waals surface area contributed by atoms with E-state index in [4.69, 9.17) is 0 Å². The number of benzene rings is 7. The maximum atomic E-state index is 3.95. The first-order valence-corrected chi connectivity index (χ1v) is 17.5. The normalized spacial score (nSPS) is 16.2. The van der Waals surface area contributed by atoms with Crippen molar-refractivity contribution in [1.29, 1.82) is 0 Å². The summed E-state index contributed by atoms with van der Waals surface area (Å²) in [5.74, 6) is 0.308. The van der Waals surface area contributed by atoms with E-state index < -0.39 is 0 Å². The van der Waals surface area contributed by atoms with Gasteiger partial charge in [0.1, 0.15) is 0 Å². The van der Waals surface area contributed by atoms with Gasteiger partial charge in [0, 0.05) is 44.5 Å². The van der Waals surface area contributed by atoms with Crippen molar-refractivity contribution in [3.63, 3.8) is 0 Å². The minimum atomic E-state index is 0.153. The van der Waals surface area contributed by atoms with Gasteiger partial charge in [-0.2, -0.15) is 0 Å². The molecule has 0 fully saturated rings. The fourth-order valence-electron chi connectivity index (χ4n) is 8.21. The van der Waals surface area contributed by atoms with Crippen LogP contribution in [0.15, 0.2) is 182 Å². The Labute approximate surface area is 291 Å². The molecule has 9 aromatic rings. The molecule has 7 aromatic carbocycles. The van der Waals surface area contributed by atoms with Crippen LogP contribution in [0.25, 0.3) is 60.7 Å². The molecule has 0 radical (unpaired) electrons. The zero-order valence-corrected chi connectivity index (χ0v) is 27.6. The summed E-state index contributed by atoms with van der Waals surface area (Å²) in [6, 6.07) is 64.2. The molecule has 0 spiro atoms. The number of nitrogens with zero attached hydrogens (tertiary/aromatic N) is 2. The van der Waals surface area contributed by atoms with Crippen LogP contribution in [0.4, 0.5) is 0 Å². The first-order chi connectivity index (χ1) is 24.8. The van der Waals surface area contributed by atoms with E-state index >= 15 is 0 Å². The van der Waals surface area contributed by atoms with E-state index in [0.717, 1.165) is 6.42 Å². The summed E-state index contributed by atoms with van der Waals surface area (Å²) < 4.78 is 4.88. The van der Waals surface area contributed by atoms with Crippen molar-refractivity contribution in [2.24, 2.45) is 0 Å². The van der Waals surface area contributed by atoms with Gasteiger partial charge in [0.05, 0.1) is 28.1 Å². The first-order valence-electron chi connectivity index (χ1n) is 17.5. The highest BCUT2D eigenvalue weighted by atomic mass is 15.0. The maximum absolute atomic E-state index is 3.95. The Morgan fingerprint density at radius 3 is 1.64 bits per heavy atom. The summed E-state index contributed by atoms with van der Waals surface area (Å²) in [5, 5.41) is 9.02. The number of fused-ring (bicyclic) bond motifs is 6. The molecule has 0 amide bonds. The van der Waals surface area contributed by atoms with Crippen molar-refractivity contribution < 1.29 is 0 Å².